The van der Waals surface area contributed by atoms with E-state index in [0.717, 1.165) is 11.3 Å². The van der Waals surface area contributed by atoms with Crippen LogP contribution in [0.3, 0.4) is 0 Å². The number of benzene rings is 1. The Labute approximate surface area is 126 Å². The highest BCUT2D eigenvalue weighted by Crippen LogP contribution is 2.20. The van der Waals surface area contributed by atoms with Gasteiger partial charge in [0.1, 0.15) is 3.70 Å². The Hall–Kier alpha value is -1.15. The van der Waals surface area contributed by atoms with Crippen LogP contribution in [-0.2, 0) is 10.0 Å². The molecule has 0 aliphatic carbocycles. The predicted molar refractivity (Wildman–Crippen MR) is 83.7 cm³/mol. The Balaban J connectivity index is 2.33. The average Bonchev–Trinajstić information content (AvgIpc) is 2.33. The smallest absolute Gasteiger partial charge is 0.261 e. The first-order valence-electron chi connectivity index (χ1n) is 5.61. The monoisotopic (exact) mass is 388 g/mol. The van der Waals surface area contributed by atoms with Gasteiger partial charge in [-0.1, -0.05) is 17.7 Å². The zero-order chi connectivity index (χ0) is 14.0. The number of halogens is 1. The third kappa shape index (κ3) is 3.44. The fourth-order valence-corrected chi connectivity index (χ4v) is 3.47. The van der Waals surface area contributed by atoms with Crippen LogP contribution in [0.25, 0.3) is 0 Å². The highest BCUT2D eigenvalue weighted by Gasteiger charge is 2.15. The molecule has 2 aromatic rings. The number of aromatic nitrogens is 1. The van der Waals surface area contributed by atoms with Crippen LogP contribution in [0.1, 0.15) is 11.3 Å². The first-order chi connectivity index (χ1) is 8.88. The van der Waals surface area contributed by atoms with Crippen LogP contribution < -0.4 is 4.72 Å². The van der Waals surface area contributed by atoms with E-state index in [4.69, 9.17) is 0 Å². The van der Waals surface area contributed by atoms with Crippen molar-refractivity contribution in [1.29, 1.82) is 0 Å². The standard InChI is InChI=1S/C13H13IN2O2S/c1-9-3-6-11(7-4-9)19(17,18)16-12-8-5-10(2)15-13(12)14/h3-8,16H,1-2H3. The minimum atomic E-state index is -3.56. The molecule has 0 amide bonds. The van der Waals surface area contributed by atoms with Crippen molar-refractivity contribution in [2.24, 2.45) is 0 Å². The van der Waals surface area contributed by atoms with Crippen LogP contribution in [0.2, 0.25) is 0 Å². The van der Waals surface area contributed by atoms with Gasteiger partial charge in [0.05, 0.1) is 10.6 Å². The minimum Gasteiger partial charge on any atom is -0.277 e. The second-order valence-corrected chi connectivity index (χ2v) is 6.91. The maximum absolute atomic E-state index is 12.2. The molecule has 0 saturated heterocycles. The van der Waals surface area contributed by atoms with E-state index in [0.29, 0.717) is 9.39 Å². The summed E-state index contributed by atoms with van der Waals surface area (Å²) in [6.07, 6.45) is 0. The predicted octanol–water partition coefficient (Wildman–Crippen LogP) is 3.10. The largest absolute Gasteiger partial charge is 0.277 e. The molecule has 1 aromatic carbocycles. The van der Waals surface area contributed by atoms with Gasteiger partial charge in [-0.15, -0.1) is 0 Å². The summed E-state index contributed by atoms with van der Waals surface area (Å²) in [7, 11) is -3.56. The van der Waals surface area contributed by atoms with Gasteiger partial charge in [0.15, 0.2) is 0 Å². The summed E-state index contributed by atoms with van der Waals surface area (Å²) in [4.78, 5) is 4.47. The minimum absolute atomic E-state index is 0.245. The van der Waals surface area contributed by atoms with E-state index < -0.39 is 10.0 Å². The molecule has 0 aliphatic rings. The molecule has 19 heavy (non-hydrogen) atoms. The molecule has 4 nitrogen and oxygen atoms in total. The molecular formula is C13H13IN2O2S. The van der Waals surface area contributed by atoms with Crippen molar-refractivity contribution in [3.8, 4) is 0 Å². The molecule has 1 heterocycles. The van der Waals surface area contributed by atoms with E-state index in [1.54, 1.807) is 36.4 Å². The zero-order valence-corrected chi connectivity index (χ0v) is 13.5. The number of anilines is 1. The summed E-state index contributed by atoms with van der Waals surface area (Å²) in [5.41, 5.74) is 2.36. The first kappa shape index (κ1) is 14.3. The summed E-state index contributed by atoms with van der Waals surface area (Å²) in [5.74, 6) is 0. The molecule has 6 heteroatoms. The number of rotatable bonds is 3. The highest BCUT2D eigenvalue weighted by atomic mass is 127. The van der Waals surface area contributed by atoms with Crippen molar-refractivity contribution in [2.75, 3.05) is 4.72 Å². The van der Waals surface area contributed by atoms with Crippen molar-refractivity contribution in [3.05, 3.63) is 51.4 Å². The number of sulfonamides is 1. The van der Waals surface area contributed by atoms with Crippen LogP contribution in [0.4, 0.5) is 5.69 Å². The Morgan fingerprint density at radius 3 is 2.26 bits per heavy atom. The topological polar surface area (TPSA) is 59.1 Å². The van der Waals surface area contributed by atoms with E-state index in [2.05, 4.69) is 9.71 Å². The van der Waals surface area contributed by atoms with Crippen molar-refractivity contribution in [2.45, 2.75) is 18.7 Å². The van der Waals surface area contributed by atoms with Crippen molar-refractivity contribution < 1.29 is 8.42 Å². The van der Waals surface area contributed by atoms with Gasteiger partial charge in [0.25, 0.3) is 10.0 Å². The first-order valence-corrected chi connectivity index (χ1v) is 8.17. The lowest BCUT2D eigenvalue weighted by Gasteiger charge is -2.10. The highest BCUT2D eigenvalue weighted by molar-refractivity contribution is 14.1. The lowest BCUT2D eigenvalue weighted by Crippen LogP contribution is -2.14. The molecule has 0 saturated carbocycles. The van der Waals surface area contributed by atoms with Gasteiger partial charge in [0.2, 0.25) is 0 Å². The molecule has 0 fully saturated rings. The van der Waals surface area contributed by atoms with Crippen molar-refractivity contribution in [3.63, 3.8) is 0 Å². The van der Waals surface area contributed by atoms with Crippen LogP contribution >= 0.6 is 22.6 Å². The van der Waals surface area contributed by atoms with Crippen molar-refractivity contribution >= 4 is 38.3 Å². The summed E-state index contributed by atoms with van der Waals surface area (Å²) in [6.45, 7) is 3.77. The normalized spacial score (nSPS) is 11.3. The van der Waals surface area contributed by atoms with E-state index in [1.807, 2.05) is 36.4 Å². The fourth-order valence-electron chi connectivity index (χ4n) is 1.52. The Morgan fingerprint density at radius 1 is 1.05 bits per heavy atom. The summed E-state index contributed by atoms with van der Waals surface area (Å²) >= 11 is 2.01. The maximum atomic E-state index is 12.2. The second-order valence-electron chi connectivity index (χ2n) is 4.21. The number of hydrogen-bond donors (Lipinski definition) is 1. The molecule has 0 radical (unpaired) electrons. The van der Waals surface area contributed by atoms with Gasteiger partial charge in [-0.3, -0.25) is 4.72 Å². The molecule has 2 rings (SSSR count). The summed E-state index contributed by atoms with van der Waals surface area (Å²) in [6, 6.07) is 10.2. The molecule has 0 aliphatic heterocycles. The van der Waals surface area contributed by atoms with Crippen molar-refractivity contribution in [1.82, 2.24) is 4.98 Å². The molecule has 1 N–H and O–H groups in total. The van der Waals surface area contributed by atoms with Crippen LogP contribution in [-0.4, -0.2) is 13.4 Å². The van der Waals surface area contributed by atoms with E-state index >= 15 is 0 Å². The lowest BCUT2D eigenvalue weighted by atomic mass is 10.2. The average molecular weight is 388 g/mol. The van der Waals surface area contributed by atoms with Crippen LogP contribution in [0.15, 0.2) is 41.3 Å². The van der Waals surface area contributed by atoms with Gasteiger partial charge in [-0.2, -0.15) is 0 Å². The molecular weight excluding hydrogens is 375 g/mol. The lowest BCUT2D eigenvalue weighted by molar-refractivity contribution is 0.601. The number of pyridine rings is 1. The Bertz CT molecular complexity index is 697. The molecule has 0 atom stereocenters. The number of nitrogens with one attached hydrogen (secondary N) is 1. The quantitative estimate of drug-likeness (QED) is 0.650. The Morgan fingerprint density at radius 2 is 1.68 bits per heavy atom. The number of nitrogens with zero attached hydrogens (tertiary/aromatic N) is 1. The molecule has 0 bridgehead atoms. The SMILES string of the molecule is Cc1ccc(S(=O)(=O)Nc2ccc(C)nc2I)cc1. The van der Waals surface area contributed by atoms with Crippen LogP contribution in [0.5, 0.6) is 0 Å². The number of aryl methyl sites for hydroxylation is 2. The van der Waals surface area contributed by atoms with Crippen LogP contribution in [0, 0.1) is 17.5 Å². The fraction of sp³-hybridized carbons (Fsp3) is 0.154. The molecule has 0 unspecified atom stereocenters. The third-order valence-corrected chi connectivity index (χ3v) is 4.77. The van der Waals surface area contributed by atoms with E-state index in [1.165, 1.54) is 0 Å². The second kappa shape index (κ2) is 5.46. The molecule has 1 aromatic heterocycles. The summed E-state index contributed by atoms with van der Waals surface area (Å²) < 4.78 is 27.6. The van der Waals surface area contributed by atoms with Gasteiger partial charge in [-0.05, 0) is 60.7 Å². The summed E-state index contributed by atoms with van der Waals surface area (Å²) in [5, 5.41) is 0. The van der Waals surface area contributed by atoms with Gasteiger partial charge in [0, 0.05) is 5.69 Å². The molecule has 0 spiro atoms. The Kier molecular flexibility index (Phi) is 4.10. The molecule has 100 valence electrons. The van der Waals surface area contributed by atoms with Gasteiger partial charge >= 0.3 is 0 Å². The van der Waals surface area contributed by atoms with Gasteiger partial charge < -0.3 is 0 Å². The zero-order valence-electron chi connectivity index (χ0n) is 10.5. The van der Waals surface area contributed by atoms with Gasteiger partial charge in [-0.25, -0.2) is 13.4 Å². The number of hydrogen-bond acceptors (Lipinski definition) is 3. The van der Waals surface area contributed by atoms with E-state index in [-0.39, 0.29) is 4.90 Å². The van der Waals surface area contributed by atoms with E-state index in [9.17, 15) is 8.42 Å². The maximum Gasteiger partial charge on any atom is 0.261 e. The third-order valence-electron chi connectivity index (χ3n) is 2.56.